The lowest BCUT2D eigenvalue weighted by Gasteiger charge is -2.29. The minimum absolute atomic E-state index is 0.0697. The van der Waals surface area contributed by atoms with Crippen molar-refractivity contribution in [2.45, 2.75) is 32.2 Å². The van der Waals surface area contributed by atoms with E-state index in [9.17, 15) is 9.59 Å². The molecule has 3 aromatic rings. The molecule has 3 heterocycles. The van der Waals surface area contributed by atoms with Gasteiger partial charge in [-0.2, -0.15) is 0 Å². The highest BCUT2D eigenvalue weighted by molar-refractivity contribution is 7.17. The Bertz CT molecular complexity index is 1070. The van der Waals surface area contributed by atoms with Gasteiger partial charge in [0.15, 0.2) is 0 Å². The number of ether oxygens (including phenoxy) is 1. The molecule has 152 valence electrons. The van der Waals surface area contributed by atoms with E-state index < -0.39 is 0 Å². The Labute approximate surface area is 172 Å². The molecule has 1 saturated heterocycles. The maximum atomic E-state index is 13.1. The van der Waals surface area contributed by atoms with Gasteiger partial charge in [0.25, 0.3) is 5.56 Å². The summed E-state index contributed by atoms with van der Waals surface area (Å²) in [6.07, 6.45) is 3.57. The van der Waals surface area contributed by atoms with E-state index in [1.807, 2.05) is 29.6 Å². The first kappa shape index (κ1) is 19.4. The summed E-state index contributed by atoms with van der Waals surface area (Å²) >= 11 is 1.40. The molecule has 4 rings (SSSR count). The smallest absolute Gasteiger partial charge is 0.272 e. The highest BCUT2D eigenvalue weighted by Gasteiger charge is 2.20. The van der Waals surface area contributed by atoms with E-state index in [0.29, 0.717) is 28.6 Å². The molecule has 1 aliphatic rings. The van der Waals surface area contributed by atoms with Gasteiger partial charge in [-0.1, -0.05) is 6.07 Å². The van der Waals surface area contributed by atoms with Gasteiger partial charge in [-0.25, -0.2) is 4.98 Å². The molecule has 8 heteroatoms. The van der Waals surface area contributed by atoms with E-state index in [4.69, 9.17) is 9.72 Å². The van der Waals surface area contributed by atoms with Crippen LogP contribution in [0.3, 0.4) is 0 Å². The predicted molar refractivity (Wildman–Crippen MR) is 116 cm³/mol. The lowest BCUT2D eigenvalue weighted by molar-refractivity contribution is -0.116. The zero-order chi connectivity index (χ0) is 20.2. The van der Waals surface area contributed by atoms with Gasteiger partial charge in [-0.05, 0) is 42.8 Å². The number of piperidine rings is 1. The van der Waals surface area contributed by atoms with Gasteiger partial charge in [-0.3, -0.25) is 14.2 Å². The third-order valence-electron chi connectivity index (χ3n) is 5.10. The monoisotopic (exact) mass is 412 g/mol. The Hall–Kier alpha value is -2.87. The third kappa shape index (κ3) is 4.27. The second-order valence-corrected chi connectivity index (χ2v) is 8.00. The first-order chi connectivity index (χ1) is 14.2. The van der Waals surface area contributed by atoms with Crippen LogP contribution in [-0.4, -0.2) is 35.7 Å². The van der Waals surface area contributed by atoms with Crippen LogP contribution < -0.4 is 20.5 Å². The molecule has 29 heavy (non-hydrogen) atoms. The number of carbonyl (C=O) groups excluding carboxylic acids is 1. The number of benzene rings is 1. The molecule has 2 aromatic heterocycles. The van der Waals surface area contributed by atoms with Crippen molar-refractivity contribution in [1.29, 1.82) is 0 Å². The maximum absolute atomic E-state index is 13.1. The predicted octanol–water partition coefficient (Wildman–Crippen LogP) is 3.49. The zero-order valence-electron chi connectivity index (χ0n) is 16.4. The number of nitrogens with zero attached hydrogens (tertiary/aromatic N) is 3. The molecule has 1 amide bonds. The summed E-state index contributed by atoms with van der Waals surface area (Å²) in [5.41, 5.74) is 1.34. The third-order valence-corrected chi connectivity index (χ3v) is 5.99. The number of methoxy groups -OCH3 is 1. The molecule has 0 saturated carbocycles. The average molecular weight is 413 g/mol. The lowest BCUT2D eigenvalue weighted by atomic mass is 10.1. The van der Waals surface area contributed by atoms with Crippen LogP contribution >= 0.6 is 11.3 Å². The van der Waals surface area contributed by atoms with E-state index in [0.717, 1.165) is 31.4 Å². The van der Waals surface area contributed by atoms with Gasteiger partial charge >= 0.3 is 0 Å². The molecular formula is C21H24N4O3S. The van der Waals surface area contributed by atoms with Crippen molar-refractivity contribution >= 4 is 39.1 Å². The molecule has 1 N–H and O–H groups in total. The molecule has 0 radical (unpaired) electrons. The molecule has 0 bridgehead atoms. The van der Waals surface area contributed by atoms with Gasteiger partial charge in [0.1, 0.15) is 10.4 Å². The first-order valence-electron chi connectivity index (χ1n) is 9.82. The van der Waals surface area contributed by atoms with Crippen LogP contribution in [0.1, 0.15) is 25.7 Å². The second kappa shape index (κ2) is 8.65. The number of anilines is 2. The summed E-state index contributed by atoms with van der Waals surface area (Å²) < 4.78 is 7.49. The number of nitrogens with one attached hydrogen (secondary N) is 1. The minimum Gasteiger partial charge on any atom is -0.497 e. The van der Waals surface area contributed by atoms with Crippen LogP contribution in [0.5, 0.6) is 5.75 Å². The van der Waals surface area contributed by atoms with E-state index >= 15 is 0 Å². The van der Waals surface area contributed by atoms with Crippen molar-refractivity contribution in [1.82, 2.24) is 9.55 Å². The van der Waals surface area contributed by atoms with Crippen LogP contribution in [0.15, 0.2) is 40.5 Å². The van der Waals surface area contributed by atoms with Crippen LogP contribution in [0.4, 0.5) is 11.6 Å². The van der Waals surface area contributed by atoms with E-state index in [1.165, 1.54) is 17.8 Å². The Morgan fingerprint density at radius 1 is 1.24 bits per heavy atom. The summed E-state index contributed by atoms with van der Waals surface area (Å²) in [7, 11) is 1.59. The molecular weight excluding hydrogens is 388 g/mol. The average Bonchev–Trinajstić information content (AvgIpc) is 3.23. The fourth-order valence-electron chi connectivity index (χ4n) is 3.61. The quantitative estimate of drug-likeness (QED) is 0.671. The van der Waals surface area contributed by atoms with Crippen LogP contribution in [-0.2, 0) is 11.3 Å². The first-order valence-corrected chi connectivity index (χ1v) is 10.7. The van der Waals surface area contributed by atoms with Gasteiger partial charge in [0, 0.05) is 37.8 Å². The number of amides is 1. The topological polar surface area (TPSA) is 76.5 Å². The Balaban J connectivity index is 1.55. The van der Waals surface area contributed by atoms with Gasteiger partial charge in [-0.15, -0.1) is 11.3 Å². The molecule has 1 aromatic carbocycles. The Morgan fingerprint density at radius 2 is 2.07 bits per heavy atom. The van der Waals surface area contributed by atoms with E-state index in [-0.39, 0.29) is 17.9 Å². The van der Waals surface area contributed by atoms with Crippen LogP contribution in [0.25, 0.3) is 10.2 Å². The fraction of sp³-hybridized carbons (Fsp3) is 0.381. The maximum Gasteiger partial charge on any atom is 0.272 e. The number of rotatable bonds is 6. The molecule has 0 aliphatic carbocycles. The summed E-state index contributed by atoms with van der Waals surface area (Å²) in [5.74, 6) is 1.20. The minimum atomic E-state index is -0.152. The molecule has 1 aliphatic heterocycles. The van der Waals surface area contributed by atoms with E-state index in [1.54, 1.807) is 17.7 Å². The van der Waals surface area contributed by atoms with Crippen LogP contribution in [0, 0.1) is 0 Å². The van der Waals surface area contributed by atoms with Crippen molar-refractivity contribution in [3.05, 3.63) is 46.1 Å². The van der Waals surface area contributed by atoms with Crippen molar-refractivity contribution < 1.29 is 9.53 Å². The lowest BCUT2D eigenvalue weighted by Crippen LogP contribution is -2.36. The van der Waals surface area contributed by atoms with Gasteiger partial charge in [0.05, 0.1) is 12.6 Å². The van der Waals surface area contributed by atoms with Gasteiger partial charge in [0.2, 0.25) is 11.9 Å². The largest absolute Gasteiger partial charge is 0.497 e. The van der Waals surface area contributed by atoms with E-state index in [2.05, 4.69) is 10.2 Å². The molecule has 0 spiro atoms. The number of carbonyl (C=O) groups is 1. The Morgan fingerprint density at radius 3 is 2.86 bits per heavy atom. The second-order valence-electron chi connectivity index (χ2n) is 7.08. The molecule has 7 nitrogen and oxygen atoms in total. The van der Waals surface area contributed by atoms with Crippen molar-refractivity contribution in [3.8, 4) is 5.75 Å². The van der Waals surface area contributed by atoms with Crippen molar-refractivity contribution in [2.24, 2.45) is 0 Å². The molecule has 0 atom stereocenters. The van der Waals surface area contributed by atoms with Crippen molar-refractivity contribution in [2.75, 3.05) is 30.4 Å². The zero-order valence-corrected chi connectivity index (χ0v) is 17.2. The van der Waals surface area contributed by atoms with Crippen LogP contribution in [0.2, 0.25) is 0 Å². The summed E-state index contributed by atoms with van der Waals surface area (Å²) in [6.45, 7) is 2.07. The van der Waals surface area contributed by atoms with Gasteiger partial charge < -0.3 is 15.0 Å². The highest BCUT2D eigenvalue weighted by Crippen LogP contribution is 2.22. The van der Waals surface area contributed by atoms with Crippen molar-refractivity contribution in [3.63, 3.8) is 0 Å². The fourth-order valence-corrected chi connectivity index (χ4v) is 4.39. The SMILES string of the molecule is COc1cccc(NC(=O)CCn2c(N3CCCCC3)nc3ccsc3c2=O)c1. The number of aromatic nitrogens is 2. The number of fused-ring (bicyclic) bond motifs is 1. The Kier molecular flexibility index (Phi) is 5.80. The normalized spacial score (nSPS) is 14.2. The number of hydrogen-bond donors (Lipinski definition) is 1. The standard InChI is InChI=1S/C21H24N4O3S/c1-28-16-7-5-6-15(14-16)22-18(26)8-12-25-20(27)19-17(9-13-29-19)23-21(25)24-10-3-2-4-11-24/h5-7,9,13-14H,2-4,8,10-12H2,1H3,(H,22,26). The highest BCUT2D eigenvalue weighted by atomic mass is 32.1. The number of thiophene rings is 1. The summed E-state index contributed by atoms with van der Waals surface area (Å²) in [4.78, 5) is 32.5. The summed E-state index contributed by atoms with van der Waals surface area (Å²) in [6, 6.07) is 9.10. The molecule has 0 unspecified atom stereocenters. The number of hydrogen-bond acceptors (Lipinski definition) is 6. The molecule has 1 fully saturated rings. The summed E-state index contributed by atoms with van der Waals surface area (Å²) in [5, 5.41) is 4.76.